The molecular formula is C13H19NO2S. The second kappa shape index (κ2) is 4.43. The van der Waals surface area contributed by atoms with Gasteiger partial charge in [0.05, 0.1) is 0 Å². The molecule has 17 heavy (non-hydrogen) atoms. The highest BCUT2D eigenvalue weighted by atomic mass is 32.1. The number of thiol groups is 1. The molecule has 4 rings (SSSR count). The summed E-state index contributed by atoms with van der Waals surface area (Å²) in [5.41, 5.74) is 2.74. The van der Waals surface area contributed by atoms with Gasteiger partial charge in [-0.3, -0.25) is 4.72 Å². The van der Waals surface area contributed by atoms with Gasteiger partial charge in [-0.2, -0.15) is 0 Å². The highest BCUT2D eigenvalue weighted by Gasteiger charge is 2.39. The highest BCUT2D eigenvalue weighted by molar-refractivity contribution is 7.78. The number of rotatable bonds is 2. The van der Waals surface area contributed by atoms with Gasteiger partial charge in [-0.25, -0.2) is 0 Å². The predicted octanol–water partition coefficient (Wildman–Crippen LogP) is 1.81. The van der Waals surface area contributed by atoms with Gasteiger partial charge in [0, 0.05) is 6.04 Å². The maximum Gasteiger partial charge on any atom is 0.155 e. The zero-order valence-corrected chi connectivity index (χ0v) is 10.9. The molecule has 2 fully saturated rings. The number of nitrogens with one attached hydrogen (secondary N) is 1. The summed E-state index contributed by atoms with van der Waals surface area (Å²) in [6, 6.07) is 0.192. The van der Waals surface area contributed by atoms with Crippen molar-refractivity contribution in [2.24, 2.45) is 11.8 Å². The van der Waals surface area contributed by atoms with E-state index in [1.807, 2.05) is 0 Å². The van der Waals surface area contributed by atoms with E-state index in [9.17, 15) is 5.11 Å². The maximum absolute atomic E-state index is 9.63. The van der Waals surface area contributed by atoms with E-state index in [0.717, 1.165) is 6.42 Å². The largest absolute Gasteiger partial charge is 0.368 e. The molecule has 0 aromatic rings. The van der Waals surface area contributed by atoms with Crippen LogP contribution >= 0.6 is 12.8 Å². The van der Waals surface area contributed by atoms with Crippen molar-refractivity contribution in [3.63, 3.8) is 0 Å². The molecule has 4 aliphatic rings. The molecule has 4 heteroatoms. The Morgan fingerprint density at radius 2 is 2.29 bits per heavy atom. The van der Waals surface area contributed by atoms with E-state index in [4.69, 9.17) is 4.74 Å². The van der Waals surface area contributed by atoms with Crippen LogP contribution in [0.3, 0.4) is 0 Å². The normalized spacial score (nSPS) is 44.8. The standard InChI is InChI=1S/C13H19NO2S/c1-7-8-4-9(7)6-10(5-8)13-11(14-17)2-3-12(15)16-13/h5-8,11-15,17H,2-4H2,1H3. The topological polar surface area (TPSA) is 41.5 Å². The third kappa shape index (κ3) is 1.97. The number of allylic oxidation sites excluding steroid dienone is 2. The van der Waals surface area contributed by atoms with E-state index in [2.05, 4.69) is 36.6 Å². The minimum absolute atomic E-state index is 0.0541. The van der Waals surface area contributed by atoms with Gasteiger partial charge >= 0.3 is 0 Å². The fraction of sp³-hybridized carbons (Fsp3) is 0.692. The number of aliphatic hydroxyl groups is 1. The van der Waals surface area contributed by atoms with Crippen LogP contribution < -0.4 is 4.72 Å². The van der Waals surface area contributed by atoms with Crippen molar-refractivity contribution in [3.8, 4) is 0 Å². The predicted molar refractivity (Wildman–Crippen MR) is 69.5 cm³/mol. The minimum Gasteiger partial charge on any atom is -0.368 e. The summed E-state index contributed by atoms with van der Waals surface area (Å²) in [5, 5.41) is 9.63. The molecule has 1 saturated heterocycles. The van der Waals surface area contributed by atoms with Crippen molar-refractivity contribution in [2.75, 3.05) is 0 Å². The Morgan fingerprint density at radius 3 is 2.88 bits per heavy atom. The number of hydrogen-bond donors (Lipinski definition) is 3. The minimum atomic E-state index is -0.632. The van der Waals surface area contributed by atoms with Crippen LogP contribution in [-0.4, -0.2) is 23.5 Å². The highest BCUT2D eigenvalue weighted by Crippen LogP contribution is 2.46. The number of fused-ring (bicyclic) bond motifs is 1. The van der Waals surface area contributed by atoms with Crippen LogP contribution in [0.25, 0.3) is 0 Å². The molecule has 5 atom stereocenters. The quantitative estimate of drug-likeness (QED) is 0.657. The Morgan fingerprint density at radius 1 is 1.47 bits per heavy atom. The summed E-state index contributed by atoms with van der Waals surface area (Å²) in [4.78, 5) is 0. The monoisotopic (exact) mass is 253 g/mol. The van der Waals surface area contributed by atoms with E-state index >= 15 is 0 Å². The lowest BCUT2D eigenvalue weighted by molar-refractivity contribution is -0.158. The van der Waals surface area contributed by atoms with Gasteiger partial charge in [0.15, 0.2) is 6.29 Å². The molecule has 94 valence electrons. The Balaban J connectivity index is 1.79. The van der Waals surface area contributed by atoms with Crippen molar-refractivity contribution in [1.29, 1.82) is 0 Å². The van der Waals surface area contributed by atoms with Crippen molar-refractivity contribution in [3.05, 3.63) is 23.3 Å². The van der Waals surface area contributed by atoms with Gasteiger partial charge in [0.25, 0.3) is 0 Å². The molecular weight excluding hydrogens is 234 g/mol. The van der Waals surface area contributed by atoms with Crippen molar-refractivity contribution < 1.29 is 9.84 Å². The van der Waals surface area contributed by atoms with Gasteiger partial charge in [0.1, 0.15) is 6.10 Å². The molecule has 5 unspecified atom stereocenters. The number of aliphatic hydroxyl groups excluding tert-OH is 1. The van der Waals surface area contributed by atoms with Gasteiger partial charge in [-0.05, 0) is 36.7 Å². The molecule has 1 aliphatic heterocycles. The molecule has 3 aliphatic carbocycles. The zero-order chi connectivity index (χ0) is 12.0. The number of ether oxygens (including phenoxy) is 1. The molecule has 0 spiro atoms. The molecule has 2 N–H and O–H groups in total. The Kier molecular flexibility index (Phi) is 3.07. The summed E-state index contributed by atoms with van der Waals surface area (Å²) in [6.45, 7) is 2.28. The van der Waals surface area contributed by atoms with E-state index in [1.165, 1.54) is 17.6 Å². The summed E-state index contributed by atoms with van der Waals surface area (Å²) >= 11 is 4.16. The second-order valence-electron chi connectivity index (χ2n) is 5.37. The van der Waals surface area contributed by atoms with Crippen LogP contribution in [0.1, 0.15) is 26.2 Å². The van der Waals surface area contributed by atoms with Crippen LogP contribution in [0.4, 0.5) is 0 Å². The average molecular weight is 253 g/mol. The summed E-state index contributed by atoms with van der Waals surface area (Å²) in [6.07, 6.45) is 6.67. The van der Waals surface area contributed by atoms with E-state index < -0.39 is 6.29 Å². The second-order valence-corrected chi connectivity index (χ2v) is 5.63. The van der Waals surface area contributed by atoms with E-state index in [-0.39, 0.29) is 12.1 Å². The van der Waals surface area contributed by atoms with E-state index in [1.54, 1.807) is 0 Å². The first-order chi connectivity index (χ1) is 8.19. The van der Waals surface area contributed by atoms with Gasteiger partial charge in [-0.15, -0.1) is 0 Å². The molecule has 1 saturated carbocycles. The van der Waals surface area contributed by atoms with Crippen LogP contribution in [0.15, 0.2) is 23.3 Å². The SMILES string of the molecule is CC1C2=CC(C3OC(O)CCC3NS)=CC1C2. The van der Waals surface area contributed by atoms with Gasteiger partial charge in [-0.1, -0.05) is 37.5 Å². The third-order valence-electron chi connectivity index (χ3n) is 4.35. The lowest BCUT2D eigenvalue weighted by Gasteiger charge is -2.43. The fourth-order valence-corrected chi connectivity index (χ4v) is 3.34. The smallest absolute Gasteiger partial charge is 0.155 e. The fourth-order valence-electron chi connectivity index (χ4n) is 3.08. The molecule has 3 nitrogen and oxygen atoms in total. The van der Waals surface area contributed by atoms with Gasteiger partial charge < -0.3 is 9.84 Å². The Bertz CT molecular complexity index is 380. The van der Waals surface area contributed by atoms with Crippen LogP contribution in [-0.2, 0) is 4.74 Å². The zero-order valence-electron chi connectivity index (χ0n) is 9.97. The van der Waals surface area contributed by atoms with Crippen LogP contribution in [0.5, 0.6) is 0 Å². The Labute approximate surface area is 107 Å². The first kappa shape index (κ1) is 11.8. The molecule has 1 heterocycles. The van der Waals surface area contributed by atoms with Crippen LogP contribution in [0, 0.1) is 11.8 Å². The molecule has 0 aromatic carbocycles. The third-order valence-corrected chi connectivity index (χ3v) is 4.68. The molecule has 0 radical (unpaired) electrons. The molecule has 0 aromatic heterocycles. The molecule has 2 bridgehead atoms. The first-order valence-corrected chi connectivity index (χ1v) is 6.79. The summed E-state index contributed by atoms with van der Waals surface area (Å²) < 4.78 is 8.67. The van der Waals surface area contributed by atoms with Crippen molar-refractivity contribution in [1.82, 2.24) is 4.72 Å². The summed E-state index contributed by atoms with van der Waals surface area (Å²) in [5.74, 6) is 1.38. The van der Waals surface area contributed by atoms with Crippen molar-refractivity contribution >= 4 is 12.8 Å². The van der Waals surface area contributed by atoms with Gasteiger partial charge in [0.2, 0.25) is 0 Å². The van der Waals surface area contributed by atoms with Crippen molar-refractivity contribution in [2.45, 2.75) is 44.6 Å². The lowest BCUT2D eigenvalue weighted by atomic mass is 9.65. The van der Waals surface area contributed by atoms with E-state index in [0.29, 0.717) is 18.3 Å². The molecule has 0 amide bonds. The number of hydrogen-bond acceptors (Lipinski definition) is 4. The maximum atomic E-state index is 9.63. The average Bonchev–Trinajstić information content (AvgIpc) is 2.38. The summed E-state index contributed by atoms with van der Waals surface area (Å²) in [7, 11) is 0. The lowest BCUT2D eigenvalue weighted by Crippen LogP contribution is -2.46. The Hall–Kier alpha value is -0.290. The van der Waals surface area contributed by atoms with Crippen LogP contribution in [0.2, 0.25) is 0 Å². The first-order valence-electron chi connectivity index (χ1n) is 6.34.